The van der Waals surface area contributed by atoms with Crippen molar-refractivity contribution in [3.63, 3.8) is 0 Å². The van der Waals surface area contributed by atoms with Crippen molar-refractivity contribution in [1.82, 2.24) is 20.2 Å². The van der Waals surface area contributed by atoms with Crippen LogP contribution >= 0.6 is 0 Å². The first kappa shape index (κ1) is 16.3. The van der Waals surface area contributed by atoms with E-state index in [1.54, 1.807) is 11.0 Å². The number of hydrogen-bond donors (Lipinski definition) is 1. The summed E-state index contributed by atoms with van der Waals surface area (Å²) in [7, 11) is 0. The number of benzene rings is 2. The lowest BCUT2D eigenvalue weighted by atomic mass is 10.1. The highest BCUT2D eigenvalue weighted by Gasteiger charge is 2.18. The number of hydrogen-bond acceptors (Lipinski definition) is 5. The lowest BCUT2D eigenvalue weighted by Crippen LogP contribution is -2.22. The summed E-state index contributed by atoms with van der Waals surface area (Å²) in [6.45, 7) is 2.01. The molecule has 132 valence electrons. The smallest absolute Gasteiger partial charge is 0.228 e. The minimum atomic E-state index is -0.0366. The Morgan fingerprint density at radius 1 is 1.08 bits per heavy atom. The molecule has 0 atom stereocenters. The zero-order valence-electron chi connectivity index (χ0n) is 14.4. The highest BCUT2D eigenvalue weighted by Crippen LogP contribution is 2.31. The van der Waals surface area contributed by atoms with Crippen molar-refractivity contribution < 1.29 is 4.79 Å². The van der Waals surface area contributed by atoms with E-state index in [2.05, 4.69) is 25.7 Å². The summed E-state index contributed by atoms with van der Waals surface area (Å²) >= 11 is 0. The first-order valence-corrected chi connectivity index (χ1v) is 8.76. The van der Waals surface area contributed by atoms with Crippen LogP contribution in [0.2, 0.25) is 0 Å². The average molecular weight is 348 g/mol. The van der Waals surface area contributed by atoms with Crippen LogP contribution in [0.15, 0.2) is 54.9 Å². The molecule has 7 heteroatoms. The van der Waals surface area contributed by atoms with Gasteiger partial charge in [-0.3, -0.25) is 4.79 Å². The number of anilines is 2. The van der Waals surface area contributed by atoms with E-state index in [4.69, 9.17) is 0 Å². The van der Waals surface area contributed by atoms with Gasteiger partial charge < -0.3 is 10.2 Å². The summed E-state index contributed by atoms with van der Waals surface area (Å²) < 4.78 is 1.58. The first-order valence-electron chi connectivity index (χ1n) is 8.76. The summed E-state index contributed by atoms with van der Waals surface area (Å²) in [6, 6.07) is 15.7. The minimum Gasteiger partial charge on any atom is -0.370 e. The van der Waals surface area contributed by atoms with Crippen molar-refractivity contribution in [2.45, 2.75) is 19.3 Å². The number of tetrazole rings is 1. The van der Waals surface area contributed by atoms with Crippen molar-refractivity contribution in [2.24, 2.45) is 0 Å². The number of amides is 1. The molecule has 1 aromatic heterocycles. The molecule has 0 spiro atoms. The third-order valence-electron chi connectivity index (χ3n) is 4.52. The molecule has 0 saturated carbocycles. The van der Waals surface area contributed by atoms with Gasteiger partial charge in [0.1, 0.15) is 6.33 Å². The SMILES string of the molecule is O=C(Cc1ccccc1)Nc1cc(-n2cnnn2)ccc1N1CCCC1. The molecule has 1 N–H and O–H groups in total. The molecule has 26 heavy (non-hydrogen) atoms. The third kappa shape index (κ3) is 3.56. The fraction of sp³-hybridized carbons (Fsp3) is 0.263. The second kappa shape index (κ2) is 7.35. The fourth-order valence-corrected chi connectivity index (χ4v) is 3.26. The third-order valence-corrected chi connectivity index (χ3v) is 4.52. The van der Waals surface area contributed by atoms with Gasteiger partial charge in [-0.1, -0.05) is 30.3 Å². The molecule has 0 unspecified atom stereocenters. The molecule has 0 radical (unpaired) electrons. The predicted molar refractivity (Wildman–Crippen MR) is 99.4 cm³/mol. The van der Waals surface area contributed by atoms with Gasteiger partial charge in [0.15, 0.2) is 0 Å². The van der Waals surface area contributed by atoms with E-state index in [1.165, 1.54) is 12.8 Å². The Bertz CT molecular complexity index is 872. The van der Waals surface area contributed by atoms with Crippen LogP contribution in [0.3, 0.4) is 0 Å². The second-order valence-corrected chi connectivity index (χ2v) is 6.36. The predicted octanol–water partition coefficient (Wildman–Crippen LogP) is 2.44. The van der Waals surface area contributed by atoms with Crippen LogP contribution in [0.5, 0.6) is 0 Å². The van der Waals surface area contributed by atoms with Crippen LogP contribution in [0.4, 0.5) is 11.4 Å². The van der Waals surface area contributed by atoms with Gasteiger partial charge in [0.25, 0.3) is 0 Å². The van der Waals surface area contributed by atoms with Crippen LogP contribution in [-0.4, -0.2) is 39.2 Å². The Hall–Kier alpha value is -3.22. The van der Waals surface area contributed by atoms with Crippen LogP contribution < -0.4 is 10.2 Å². The number of nitrogens with one attached hydrogen (secondary N) is 1. The van der Waals surface area contributed by atoms with Crippen molar-refractivity contribution in [3.05, 3.63) is 60.4 Å². The number of nitrogens with zero attached hydrogens (tertiary/aromatic N) is 5. The Kier molecular flexibility index (Phi) is 4.59. The maximum Gasteiger partial charge on any atom is 0.228 e. The van der Waals surface area contributed by atoms with E-state index < -0.39 is 0 Å². The van der Waals surface area contributed by atoms with Gasteiger partial charge in [-0.2, -0.15) is 0 Å². The van der Waals surface area contributed by atoms with Crippen LogP contribution in [0.1, 0.15) is 18.4 Å². The summed E-state index contributed by atoms with van der Waals surface area (Å²) in [4.78, 5) is 14.9. The topological polar surface area (TPSA) is 75.9 Å². The molecule has 2 aromatic carbocycles. The van der Waals surface area contributed by atoms with Crippen molar-refractivity contribution in [1.29, 1.82) is 0 Å². The number of carbonyl (C=O) groups excluding carboxylic acids is 1. The molecule has 7 nitrogen and oxygen atoms in total. The van der Waals surface area contributed by atoms with Gasteiger partial charge in [-0.15, -0.1) is 5.10 Å². The van der Waals surface area contributed by atoms with Crippen molar-refractivity contribution in [3.8, 4) is 5.69 Å². The molecular formula is C19H20N6O. The number of carbonyl (C=O) groups is 1. The molecule has 2 heterocycles. The van der Waals surface area contributed by atoms with Gasteiger partial charge in [0, 0.05) is 13.1 Å². The van der Waals surface area contributed by atoms with Gasteiger partial charge in [0.2, 0.25) is 5.91 Å². The maximum atomic E-state index is 12.6. The van der Waals surface area contributed by atoms with Crippen molar-refractivity contribution >= 4 is 17.3 Å². The Balaban J connectivity index is 1.60. The highest BCUT2D eigenvalue weighted by molar-refractivity contribution is 5.96. The Morgan fingerprint density at radius 2 is 1.88 bits per heavy atom. The Labute approximate surface area is 151 Å². The maximum absolute atomic E-state index is 12.6. The summed E-state index contributed by atoms with van der Waals surface area (Å²) in [5, 5.41) is 14.4. The normalized spacial score (nSPS) is 13.8. The fourth-order valence-electron chi connectivity index (χ4n) is 3.26. The molecule has 0 aliphatic carbocycles. The van der Waals surface area contributed by atoms with E-state index in [0.717, 1.165) is 35.7 Å². The molecule has 1 aliphatic rings. The minimum absolute atomic E-state index is 0.0366. The number of aromatic nitrogens is 4. The standard InChI is InChI=1S/C19H20N6O/c26-19(12-15-6-2-1-3-7-15)21-17-13-16(25-14-20-22-23-25)8-9-18(17)24-10-4-5-11-24/h1-3,6-9,13-14H,4-5,10-12H2,(H,21,26). The van der Waals surface area contributed by atoms with E-state index in [1.807, 2.05) is 48.5 Å². The Morgan fingerprint density at radius 3 is 2.62 bits per heavy atom. The average Bonchev–Trinajstić information content (AvgIpc) is 3.36. The largest absolute Gasteiger partial charge is 0.370 e. The van der Waals surface area contributed by atoms with E-state index in [9.17, 15) is 4.79 Å². The molecule has 1 amide bonds. The molecule has 1 fully saturated rings. The number of rotatable bonds is 5. The van der Waals surface area contributed by atoms with Crippen LogP contribution in [0, 0.1) is 0 Å². The van der Waals surface area contributed by atoms with Gasteiger partial charge in [-0.25, -0.2) is 4.68 Å². The lowest BCUT2D eigenvalue weighted by Gasteiger charge is -2.22. The quantitative estimate of drug-likeness (QED) is 0.766. The van der Waals surface area contributed by atoms with E-state index in [-0.39, 0.29) is 5.91 Å². The summed E-state index contributed by atoms with van der Waals surface area (Å²) in [5.74, 6) is -0.0366. The van der Waals surface area contributed by atoms with E-state index >= 15 is 0 Å². The van der Waals surface area contributed by atoms with Crippen molar-refractivity contribution in [2.75, 3.05) is 23.3 Å². The first-order chi connectivity index (χ1) is 12.8. The molecule has 1 aliphatic heterocycles. The summed E-state index contributed by atoms with van der Waals surface area (Å²) in [5.41, 5.74) is 3.64. The van der Waals surface area contributed by atoms with Crippen LogP contribution in [0.25, 0.3) is 5.69 Å². The van der Waals surface area contributed by atoms with Crippen LogP contribution in [-0.2, 0) is 11.2 Å². The monoisotopic (exact) mass is 348 g/mol. The zero-order valence-corrected chi connectivity index (χ0v) is 14.4. The lowest BCUT2D eigenvalue weighted by molar-refractivity contribution is -0.115. The van der Waals surface area contributed by atoms with Gasteiger partial charge in [-0.05, 0) is 47.0 Å². The molecule has 1 saturated heterocycles. The summed E-state index contributed by atoms with van der Waals surface area (Å²) in [6.07, 6.45) is 4.23. The highest BCUT2D eigenvalue weighted by atomic mass is 16.1. The molecule has 4 rings (SSSR count). The second-order valence-electron chi connectivity index (χ2n) is 6.36. The van der Waals surface area contributed by atoms with Gasteiger partial charge in [0.05, 0.1) is 23.5 Å². The van der Waals surface area contributed by atoms with Gasteiger partial charge >= 0.3 is 0 Å². The zero-order chi connectivity index (χ0) is 17.8. The molecule has 3 aromatic rings. The molecular weight excluding hydrogens is 328 g/mol. The van der Waals surface area contributed by atoms with E-state index in [0.29, 0.717) is 6.42 Å². The molecule has 0 bridgehead atoms.